The molecule has 1 heterocycles. The lowest BCUT2D eigenvalue weighted by Gasteiger charge is -2.15. The molecule has 7 heteroatoms. The highest BCUT2D eigenvalue weighted by Crippen LogP contribution is 2.17. The zero-order valence-corrected chi connectivity index (χ0v) is 12.5. The Balaban J connectivity index is 2.54. The number of sulfonamides is 1. The van der Waals surface area contributed by atoms with Crippen LogP contribution in [0.1, 0.15) is 33.6 Å². The molecule has 0 saturated carbocycles. The van der Waals surface area contributed by atoms with Gasteiger partial charge in [0, 0.05) is 19.5 Å². The molecule has 1 rings (SSSR count). The molecule has 0 radical (unpaired) electrons. The molecule has 19 heavy (non-hydrogen) atoms. The van der Waals surface area contributed by atoms with E-state index in [1.165, 1.54) is 0 Å². The predicted octanol–water partition coefficient (Wildman–Crippen LogP) is 0.347. The minimum atomic E-state index is -3.56. The van der Waals surface area contributed by atoms with Gasteiger partial charge in [-0.2, -0.15) is 0 Å². The average Bonchev–Trinajstić information content (AvgIpc) is 2.74. The van der Waals surface area contributed by atoms with Gasteiger partial charge >= 0.3 is 0 Å². The molecule has 0 aliphatic carbocycles. The number of rotatable bonds is 5. The van der Waals surface area contributed by atoms with Crippen LogP contribution in [-0.4, -0.2) is 44.0 Å². The lowest BCUT2D eigenvalue weighted by Crippen LogP contribution is -2.39. The van der Waals surface area contributed by atoms with Crippen LogP contribution in [0.5, 0.6) is 0 Å². The Morgan fingerprint density at radius 2 is 2.00 bits per heavy atom. The normalized spacial score (nSPS) is 19.8. The van der Waals surface area contributed by atoms with Crippen LogP contribution in [-0.2, 0) is 19.6 Å². The number of likely N-dealkylation sites (tertiary alicyclic amines) is 1. The fourth-order valence-electron chi connectivity index (χ4n) is 2.14. The summed E-state index contributed by atoms with van der Waals surface area (Å²) in [6.07, 6.45) is 0.925. The Labute approximate surface area is 114 Å². The quantitative estimate of drug-likeness (QED) is 0.792. The van der Waals surface area contributed by atoms with Crippen molar-refractivity contribution in [2.45, 2.75) is 33.6 Å². The minimum absolute atomic E-state index is 0.000313. The van der Waals surface area contributed by atoms with Gasteiger partial charge in [-0.1, -0.05) is 20.8 Å². The van der Waals surface area contributed by atoms with Crippen LogP contribution in [0.2, 0.25) is 0 Å². The van der Waals surface area contributed by atoms with E-state index in [-0.39, 0.29) is 17.6 Å². The summed E-state index contributed by atoms with van der Waals surface area (Å²) in [6.45, 7) is 6.16. The van der Waals surface area contributed by atoms with Crippen molar-refractivity contribution < 1.29 is 18.0 Å². The minimum Gasteiger partial charge on any atom is -0.342 e. The van der Waals surface area contributed by atoms with Crippen molar-refractivity contribution >= 4 is 21.8 Å². The van der Waals surface area contributed by atoms with Crippen LogP contribution in [0.3, 0.4) is 0 Å². The predicted molar refractivity (Wildman–Crippen MR) is 71.7 cm³/mol. The van der Waals surface area contributed by atoms with Crippen LogP contribution in [0.4, 0.5) is 0 Å². The molecule has 0 unspecified atom stereocenters. The van der Waals surface area contributed by atoms with Crippen LogP contribution < -0.4 is 4.72 Å². The van der Waals surface area contributed by atoms with E-state index in [0.717, 1.165) is 0 Å². The average molecular weight is 290 g/mol. The molecule has 110 valence electrons. The van der Waals surface area contributed by atoms with Gasteiger partial charge < -0.3 is 4.90 Å². The molecule has 2 amide bonds. The monoisotopic (exact) mass is 290 g/mol. The van der Waals surface area contributed by atoms with Crippen molar-refractivity contribution in [1.82, 2.24) is 9.62 Å². The summed E-state index contributed by atoms with van der Waals surface area (Å²) in [5.74, 6) is -1.01. The number of hydrogen-bond acceptors (Lipinski definition) is 4. The van der Waals surface area contributed by atoms with E-state index in [1.807, 2.05) is 0 Å². The molecule has 1 N–H and O–H groups in total. The fourth-order valence-corrected chi connectivity index (χ4v) is 3.58. The van der Waals surface area contributed by atoms with Crippen LogP contribution in [0.15, 0.2) is 0 Å². The van der Waals surface area contributed by atoms with Crippen molar-refractivity contribution in [3.05, 3.63) is 0 Å². The largest absolute Gasteiger partial charge is 0.342 e. The second-order valence-electron chi connectivity index (χ2n) is 5.32. The van der Waals surface area contributed by atoms with Gasteiger partial charge in [-0.3, -0.25) is 14.3 Å². The number of amides is 2. The molecule has 0 bridgehead atoms. The highest BCUT2D eigenvalue weighted by atomic mass is 32.2. The van der Waals surface area contributed by atoms with Crippen molar-refractivity contribution in [2.75, 3.05) is 18.8 Å². The molecule has 0 aromatic heterocycles. The first-order valence-electron chi connectivity index (χ1n) is 6.57. The summed E-state index contributed by atoms with van der Waals surface area (Å²) in [5, 5.41) is 0. The maximum atomic E-state index is 11.9. The third kappa shape index (κ3) is 4.81. The van der Waals surface area contributed by atoms with Gasteiger partial charge in [-0.15, -0.1) is 0 Å². The van der Waals surface area contributed by atoms with E-state index in [0.29, 0.717) is 25.9 Å². The summed E-state index contributed by atoms with van der Waals surface area (Å²) in [4.78, 5) is 25.0. The molecule has 0 aromatic rings. The first-order valence-corrected chi connectivity index (χ1v) is 8.22. The first-order chi connectivity index (χ1) is 8.75. The highest BCUT2D eigenvalue weighted by molar-refractivity contribution is 7.90. The van der Waals surface area contributed by atoms with Gasteiger partial charge in [-0.25, -0.2) is 8.42 Å². The van der Waals surface area contributed by atoms with Crippen LogP contribution >= 0.6 is 0 Å². The molecular weight excluding hydrogens is 268 g/mol. The molecule has 0 aromatic carbocycles. The van der Waals surface area contributed by atoms with E-state index >= 15 is 0 Å². The van der Waals surface area contributed by atoms with E-state index in [9.17, 15) is 18.0 Å². The van der Waals surface area contributed by atoms with E-state index in [1.54, 1.807) is 25.7 Å². The maximum Gasteiger partial charge on any atom is 0.238 e. The molecule has 1 saturated heterocycles. The zero-order chi connectivity index (χ0) is 14.6. The van der Waals surface area contributed by atoms with Crippen LogP contribution in [0, 0.1) is 11.8 Å². The van der Waals surface area contributed by atoms with Crippen molar-refractivity contribution in [3.63, 3.8) is 0 Å². The lowest BCUT2D eigenvalue weighted by atomic mass is 10.1. The van der Waals surface area contributed by atoms with Gasteiger partial charge in [-0.05, 0) is 12.3 Å². The lowest BCUT2D eigenvalue weighted by molar-refractivity contribution is -0.130. The molecule has 1 aliphatic heterocycles. The zero-order valence-electron chi connectivity index (χ0n) is 11.7. The van der Waals surface area contributed by atoms with E-state index < -0.39 is 21.8 Å². The Kier molecular flexibility index (Phi) is 5.34. The molecule has 1 fully saturated rings. The number of hydrogen-bond donors (Lipinski definition) is 1. The van der Waals surface area contributed by atoms with E-state index in [4.69, 9.17) is 0 Å². The number of nitrogens with one attached hydrogen (secondary N) is 1. The highest BCUT2D eigenvalue weighted by Gasteiger charge is 2.32. The third-order valence-electron chi connectivity index (χ3n) is 3.02. The smallest absolute Gasteiger partial charge is 0.238 e. The SMILES string of the molecule is CCC(=O)N1CC[C@H](C(=O)NS(=O)(=O)CC(C)C)C1. The topological polar surface area (TPSA) is 83.6 Å². The summed E-state index contributed by atoms with van der Waals surface area (Å²) in [7, 11) is -3.56. The number of carbonyl (C=O) groups excluding carboxylic acids is 2. The molecule has 0 spiro atoms. The van der Waals surface area contributed by atoms with Crippen LogP contribution in [0.25, 0.3) is 0 Å². The number of carbonyl (C=O) groups is 2. The molecule has 6 nitrogen and oxygen atoms in total. The number of nitrogens with zero attached hydrogens (tertiary/aromatic N) is 1. The standard InChI is InChI=1S/C12H22N2O4S/c1-4-11(15)14-6-5-10(7-14)12(16)13-19(17,18)8-9(2)3/h9-10H,4-8H2,1-3H3,(H,13,16)/t10-/m0/s1. The molecule has 1 aliphatic rings. The fraction of sp³-hybridized carbons (Fsp3) is 0.833. The van der Waals surface area contributed by atoms with Gasteiger partial charge in [0.15, 0.2) is 0 Å². The third-order valence-corrected chi connectivity index (χ3v) is 4.64. The van der Waals surface area contributed by atoms with Crippen molar-refractivity contribution in [3.8, 4) is 0 Å². The summed E-state index contributed by atoms with van der Waals surface area (Å²) >= 11 is 0. The molecular formula is C12H22N2O4S. The van der Waals surface area contributed by atoms with Gasteiger partial charge in [0.1, 0.15) is 0 Å². The van der Waals surface area contributed by atoms with Gasteiger partial charge in [0.05, 0.1) is 11.7 Å². The summed E-state index contributed by atoms with van der Waals surface area (Å²) < 4.78 is 25.4. The Morgan fingerprint density at radius 3 is 2.53 bits per heavy atom. The van der Waals surface area contributed by atoms with E-state index in [2.05, 4.69) is 4.72 Å². The summed E-state index contributed by atoms with van der Waals surface area (Å²) in [5.41, 5.74) is 0. The van der Waals surface area contributed by atoms with Gasteiger partial charge in [0.2, 0.25) is 21.8 Å². The van der Waals surface area contributed by atoms with Crippen molar-refractivity contribution in [2.24, 2.45) is 11.8 Å². The Morgan fingerprint density at radius 1 is 1.37 bits per heavy atom. The Bertz CT molecular complexity index is 445. The second kappa shape index (κ2) is 6.36. The maximum absolute atomic E-state index is 11.9. The first kappa shape index (κ1) is 15.9. The van der Waals surface area contributed by atoms with Crippen molar-refractivity contribution in [1.29, 1.82) is 0 Å². The molecule has 1 atom stereocenters. The Hall–Kier alpha value is -1.11. The van der Waals surface area contributed by atoms with Gasteiger partial charge in [0.25, 0.3) is 0 Å². The summed E-state index contributed by atoms with van der Waals surface area (Å²) in [6, 6.07) is 0. The second-order valence-corrected chi connectivity index (χ2v) is 7.09.